The van der Waals surface area contributed by atoms with Crippen molar-refractivity contribution in [2.24, 2.45) is 7.05 Å². The number of carbonyl (C=O) groups is 1. The molecule has 1 aromatic rings. The first-order chi connectivity index (χ1) is 7.54. The Morgan fingerprint density at radius 3 is 2.62 bits per heavy atom. The molecule has 0 amide bonds. The van der Waals surface area contributed by atoms with Crippen molar-refractivity contribution in [3.63, 3.8) is 0 Å². The van der Waals surface area contributed by atoms with Gasteiger partial charge in [-0.15, -0.1) is 0 Å². The molecule has 1 aliphatic carbocycles. The van der Waals surface area contributed by atoms with E-state index in [0.29, 0.717) is 31.4 Å². The summed E-state index contributed by atoms with van der Waals surface area (Å²) < 4.78 is 1.76. The zero-order chi connectivity index (χ0) is 11.8. The molecule has 2 rings (SSSR count). The number of hydrogen-bond donors (Lipinski definition) is 2. The largest absolute Gasteiger partial charge is 0.481 e. The maximum atomic E-state index is 11.5. The summed E-state index contributed by atoms with van der Waals surface area (Å²) in [6, 6.07) is 0. The lowest BCUT2D eigenvalue weighted by atomic mass is 9.71. The normalized spacial score (nSPS) is 30.2. The van der Waals surface area contributed by atoms with Crippen LogP contribution in [-0.4, -0.2) is 31.8 Å². The lowest BCUT2D eigenvalue weighted by molar-refractivity contribution is -0.146. The Kier molecular flexibility index (Phi) is 2.71. The fourth-order valence-electron chi connectivity index (χ4n) is 2.33. The van der Waals surface area contributed by atoms with Gasteiger partial charge in [0.15, 0.2) is 0 Å². The predicted molar refractivity (Wildman–Crippen MR) is 57.0 cm³/mol. The van der Waals surface area contributed by atoms with E-state index in [1.165, 1.54) is 0 Å². The maximum Gasteiger partial charge on any atom is 0.315 e. The Bertz CT molecular complexity index is 392. The van der Waals surface area contributed by atoms with Crippen LogP contribution in [0, 0.1) is 0 Å². The Balaban J connectivity index is 2.33. The van der Waals surface area contributed by atoms with Gasteiger partial charge in [0.25, 0.3) is 0 Å². The van der Waals surface area contributed by atoms with Crippen molar-refractivity contribution >= 4 is 5.97 Å². The molecule has 16 heavy (non-hydrogen) atoms. The highest BCUT2D eigenvalue weighted by atomic mass is 16.4. The van der Waals surface area contributed by atoms with Crippen molar-refractivity contribution in [3.05, 3.63) is 18.2 Å². The summed E-state index contributed by atoms with van der Waals surface area (Å²) in [7, 11) is 1.82. The first kappa shape index (κ1) is 11.1. The third kappa shape index (κ3) is 1.71. The van der Waals surface area contributed by atoms with Crippen LogP contribution in [0.2, 0.25) is 0 Å². The van der Waals surface area contributed by atoms with Crippen LogP contribution in [-0.2, 0) is 17.3 Å². The third-order valence-electron chi connectivity index (χ3n) is 3.41. The topological polar surface area (TPSA) is 75.4 Å². The van der Waals surface area contributed by atoms with E-state index in [4.69, 9.17) is 0 Å². The minimum atomic E-state index is -0.902. The van der Waals surface area contributed by atoms with Crippen LogP contribution in [0.5, 0.6) is 0 Å². The molecule has 0 radical (unpaired) electrons. The van der Waals surface area contributed by atoms with Crippen LogP contribution in [0.1, 0.15) is 31.4 Å². The summed E-state index contributed by atoms with van der Waals surface area (Å²) in [4.78, 5) is 15.6. The summed E-state index contributed by atoms with van der Waals surface area (Å²) in [6.45, 7) is 0. The number of aliphatic carboxylic acids is 1. The van der Waals surface area contributed by atoms with Gasteiger partial charge in [-0.1, -0.05) is 0 Å². The number of rotatable bonds is 2. The number of imidazole rings is 1. The van der Waals surface area contributed by atoms with Gasteiger partial charge in [-0.25, -0.2) is 4.98 Å². The molecular weight excluding hydrogens is 208 g/mol. The molecule has 1 aliphatic rings. The first-order valence-electron chi connectivity index (χ1n) is 5.44. The van der Waals surface area contributed by atoms with E-state index in [-0.39, 0.29) is 6.10 Å². The molecule has 0 spiro atoms. The van der Waals surface area contributed by atoms with Crippen molar-refractivity contribution < 1.29 is 15.0 Å². The highest BCUT2D eigenvalue weighted by Crippen LogP contribution is 2.38. The predicted octanol–water partition coefficient (Wildman–Crippen LogP) is 0.677. The number of hydrogen-bond acceptors (Lipinski definition) is 3. The second-order valence-corrected chi connectivity index (χ2v) is 4.54. The maximum absolute atomic E-state index is 11.5. The number of aliphatic hydroxyl groups is 1. The second-order valence-electron chi connectivity index (χ2n) is 4.54. The van der Waals surface area contributed by atoms with Crippen LogP contribution in [0.25, 0.3) is 0 Å². The van der Waals surface area contributed by atoms with Gasteiger partial charge in [0.1, 0.15) is 5.41 Å². The van der Waals surface area contributed by atoms with E-state index in [9.17, 15) is 15.0 Å². The molecule has 1 aromatic heterocycles. The van der Waals surface area contributed by atoms with Gasteiger partial charge in [-0.05, 0) is 25.7 Å². The molecule has 2 N–H and O–H groups in total. The molecule has 0 unspecified atom stereocenters. The van der Waals surface area contributed by atoms with Gasteiger partial charge in [0.2, 0.25) is 0 Å². The first-order valence-corrected chi connectivity index (χ1v) is 5.44. The summed E-state index contributed by atoms with van der Waals surface area (Å²) >= 11 is 0. The number of aryl methyl sites for hydroxylation is 1. The van der Waals surface area contributed by atoms with Gasteiger partial charge in [-0.2, -0.15) is 0 Å². The standard InChI is InChI=1S/C11H16N2O3/c1-13-6-9(12-7-13)11(10(15)16)4-2-8(14)3-5-11/h6-8,14H,2-5H2,1H3,(H,15,16). The molecule has 0 saturated heterocycles. The van der Waals surface area contributed by atoms with E-state index < -0.39 is 11.4 Å². The quantitative estimate of drug-likeness (QED) is 0.774. The number of aromatic nitrogens is 2. The van der Waals surface area contributed by atoms with E-state index in [0.717, 1.165) is 0 Å². The molecule has 1 saturated carbocycles. The van der Waals surface area contributed by atoms with Crippen LogP contribution in [0.4, 0.5) is 0 Å². The molecule has 5 heteroatoms. The van der Waals surface area contributed by atoms with Crippen molar-refractivity contribution in [1.29, 1.82) is 0 Å². The molecule has 1 fully saturated rings. The Morgan fingerprint density at radius 2 is 2.19 bits per heavy atom. The van der Waals surface area contributed by atoms with E-state index in [1.807, 2.05) is 7.05 Å². The molecule has 88 valence electrons. The Hall–Kier alpha value is -1.36. The molecule has 0 atom stereocenters. The molecule has 5 nitrogen and oxygen atoms in total. The number of carboxylic acids is 1. The zero-order valence-corrected chi connectivity index (χ0v) is 9.26. The average Bonchev–Trinajstić information content (AvgIpc) is 2.66. The Labute approximate surface area is 93.7 Å². The monoisotopic (exact) mass is 224 g/mol. The molecule has 0 bridgehead atoms. The highest BCUT2D eigenvalue weighted by molar-refractivity contribution is 5.80. The SMILES string of the molecule is Cn1cnc(C2(C(=O)O)CCC(O)CC2)c1. The number of nitrogens with zero attached hydrogens (tertiary/aromatic N) is 2. The third-order valence-corrected chi connectivity index (χ3v) is 3.41. The van der Waals surface area contributed by atoms with Crippen molar-refractivity contribution in [1.82, 2.24) is 9.55 Å². The number of aliphatic hydroxyl groups excluding tert-OH is 1. The van der Waals surface area contributed by atoms with Gasteiger partial charge < -0.3 is 14.8 Å². The summed E-state index contributed by atoms with van der Waals surface area (Å²) in [5, 5.41) is 18.9. The van der Waals surface area contributed by atoms with E-state index >= 15 is 0 Å². The van der Waals surface area contributed by atoms with Crippen molar-refractivity contribution in [3.8, 4) is 0 Å². The van der Waals surface area contributed by atoms with E-state index in [1.54, 1.807) is 17.1 Å². The van der Waals surface area contributed by atoms with Crippen molar-refractivity contribution in [2.45, 2.75) is 37.2 Å². The fourth-order valence-corrected chi connectivity index (χ4v) is 2.33. The van der Waals surface area contributed by atoms with Crippen LogP contribution in [0.3, 0.4) is 0 Å². The van der Waals surface area contributed by atoms with Gasteiger partial charge >= 0.3 is 5.97 Å². The molecule has 1 heterocycles. The number of carboxylic acid groups (broad SMARTS) is 1. The smallest absolute Gasteiger partial charge is 0.315 e. The molecular formula is C11H16N2O3. The van der Waals surface area contributed by atoms with Crippen LogP contribution in [0.15, 0.2) is 12.5 Å². The Morgan fingerprint density at radius 1 is 1.56 bits per heavy atom. The van der Waals surface area contributed by atoms with Gasteiger partial charge in [0, 0.05) is 13.2 Å². The van der Waals surface area contributed by atoms with E-state index in [2.05, 4.69) is 4.98 Å². The lowest BCUT2D eigenvalue weighted by Gasteiger charge is -2.33. The average molecular weight is 224 g/mol. The van der Waals surface area contributed by atoms with Crippen LogP contribution >= 0.6 is 0 Å². The highest BCUT2D eigenvalue weighted by Gasteiger charge is 2.44. The molecule has 0 aromatic carbocycles. The second kappa shape index (κ2) is 3.90. The van der Waals surface area contributed by atoms with Gasteiger partial charge in [0.05, 0.1) is 18.1 Å². The zero-order valence-electron chi connectivity index (χ0n) is 9.26. The summed E-state index contributed by atoms with van der Waals surface area (Å²) in [6.07, 6.45) is 4.99. The van der Waals surface area contributed by atoms with Gasteiger partial charge in [-0.3, -0.25) is 4.79 Å². The lowest BCUT2D eigenvalue weighted by Crippen LogP contribution is -2.41. The minimum absolute atomic E-state index is 0.365. The fraction of sp³-hybridized carbons (Fsp3) is 0.636. The van der Waals surface area contributed by atoms with Crippen molar-refractivity contribution in [2.75, 3.05) is 0 Å². The molecule has 0 aliphatic heterocycles. The minimum Gasteiger partial charge on any atom is -0.481 e. The summed E-state index contributed by atoms with van der Waals surface area (Å²) in [5.74, 6) is -0.835. The van der Waals surface area contributed by atoms with Crippen LogP contribution < -0.4 is 0 Å². The summed E-state index contributed by atoms with van der Waals surface area (Å²) in [5.41, 5.74) is -0.296.